The Balaban J connectivity index is 2.08. The number of anilines is 1. The highest BCUT2D eigenvalue weighted by atomic mass is 32.2. The number of esters is 1. The van der Waals surface area contributed by atoms with Crippen LogP contribution in [0.5, 0.6) is 0 Å². The molecular formula is C28H38FN5O11S. The van der Waals surface area contributed by atoms with Gasteiger partial charge in [-0.25, -0.2) is 27.1 Å². The molecule has 0 spiro atoms. The van der Waals surface area contributed by atoms with Crippen molar-refractivity contribution >= 4 is 28.0 Å². The van der Waals surface area contributed by atoms with Crippen LogP contribution in [0, 0.1) is 20.8 Å². The first-order valence-corrected chi connectivity index (χ1v) is 16.0. The average molecular weight is 672 g/mol. The van der Waals surface area contributed by atoms with E-state index >= 15 is 0 Å². The van der Waals surface area contributed by atoms with Crippen LogP contribution >= 0.6 is 0 Å². The van der Waals surface area contributed by atoms with E-state index in [9.17, 15) is 42.8 Å². The molecule has 0 aliphatic rings. The van der Waals surface area contributed by atoms with Gasteiger partial charge < -0.3 is 24.6 Å². The number of hydrogen-bond donors (Lipinski definition) is 2. The standard InChI is InChI=1S/C28H38FN5O11S/c1-18(2)26-24(27(19-8-10-20(29)11-9-19)31-28(30-26)33(3)46(4,41)42)13-12-21(35)15-22(36)16-25(37)43-14-6-5-7-23(17-44-32-38)45-34(39)40/h8-13,18,21-23,35-36H,5-7,14-17H2,1-4H3/b13-12+/t21-,22?,23?/m1/s1. The Hall–Kier alpha value is -4.29. The summed E-state index contributed by atoms with van der Waals surface area (Å²) < 4.78 is 44.1. The minimum absolute atomic E-state index is 0.0410. The zero-order valence-electron chi connectivity index (χ0n) is 25.8. The van der Waals surface area contributed by atoms with E-state index in [4.69, 9.17) is 4.74 Å². The van der Waals surface area contributed by atoms with Crippen LogP contribution in [-0.4, -0.2) is 84.5 Å². The Morgan fingerprint density at radius 2 is 1.87 bits per heavy atom. The van der Waals surface area contributed by atoms with E-state index in [1.807, 2.05) is 13.8 Å². The molecule has 2 N–H and O–H groups in total. The van der Waals surface area contributed by atoms with E-state index in [1.165, 1.54) is 43.5 Å². The fraction of sp³-hybridized carbons (Fsp3) is 0.536. The van der Waals surface area contributed by atoms with Gasteiger partial charge in [-0.1, -0.05) is 26.0 Å². The zero-order chi connectivity index (χ0) is 34.4. The molecule has 1 aromatic carbocycles. The molecule has 46 heavy (non-hydrogen) atoms. The Morgan fingerprint density at radius 1 is 1.20 bits per heavy atom. The molecule has 0 aliphatic carbocycles. The number of carbonyl (C=O) groups is 1. The van der Waals surface area contributed by atoms with Crippen LogP contribution in [0.4, 0.5) is 10.3 Å². The van der Waals surface area contributed by atoms with Crippen molar-refractivity contribution in [3.8, 4) is 11.3 Å². The molecule has 2 aromatic rings. The number of unbranched alkanes of at least 4 members (excludes halogenated alkanes) is 1. The first-order valence-electron chi connectivity index (χ1n) is 14.2. The summed E-state index contributed by atoms with van der Waals surface area (Å²) in [5.41, 5.74) is 1.66. The minimum Gasteiger partial charge on any atom is -0.466 e. The fourth-order valence-corrected chi connectivity index (χ4v) is 4.54. The van der Waals surface area contributed by atoms with Gasteiger partial charge in [-0.3, -0.25) is 4.79 Å². The van der Waals surface area contributed by atoms with Crippen molar-refractivity contribution in [3.63, 3.8) is 0 Å². The van der Waals surface area contributed by atoms with Gasteiger partial charge in [0.15, 0.2) is 5.34 Å². The lowest BCUT2D eigenvalue weighted by Gasteiger charge is -2.20. The first kappa shape index (κ1) is 37.9. The lowest BCUT2D eigenvalue weighted by Crippen LogP contribution is -2.27. The van der Waals surface area contributed by atoms with Gasteiger partial charge >= 0.3 is 5.97 Å². The highest BCUT2D eigenvalue weighted by Crippen LogP contribution is 2.31. The largest absolute Gasteiger partial charge is 0.466 e. The number of aliphatic hydroxyl groups is 2. The van der Waals surface area contributed by atoms with Crippen LogP contribution in [0.2, 0.25) is 0 Å². The number of aromatic nitrogens is 2. The average Bonchev–Trinajstić information content (AvgIpc) is 2.97. The maximum absolute atomic E-state index is 13.7. The summed E-state index contributed by atoms with van der Waals surface area (Å²) >= 11 is 0. The van der Waals surface area contributed by atoms with Crippen molar-refractivity contribution < 1.29 is 47.3 Å². The molecule has 2 rings (SSSR count). The number of rotatable bonds is 20. The highest BCUT2D eigenvalue weighted by molar-refractivity contribution is 7.92. The van der Waals surface area contributed by atoms with Gasteiger partial charge in [-0.2, -0.15) is 0 Å². The van der Waals surface area contributed by atoms with Crippen LogP contribution in [0.3, 0.4) is 0 Å². The summed E-state index contributed by atoms with van der Waals surface area (Å²) in [5, 5.41) is 32.6. The van der Waals surface area contributed by atoms with Gasteiger partial charge in [0.2, 0.25) is 16.0 Å². The lowest BCUT2D eigenvalue weighted by atomic mass is 9.97. The van der Waals surface area contributed by atoms with E-state index in [1.54, 1.807) is 0 Å². The van der Waals surface area contributed by atoms with Gasteiger partial charge in [0.1, 0.15) is 18.5 Å². The second-order valence-electron chi connectivity index (χ2n) is 10.6. The Bertz CT molecular complexity index is 1460. The van der Waals surface area contributed by atoms with Crippen LogP contribution in [0.15, 0.2) is 35.7 Å². The third kappa shape index (κ3) is 12.6. The molecule has 1 aromatic heterocycles. The molecule has 2 unspecified atom stereocenters. The Morgan fingerprint density at radius 3 is 2.46 bits per heavy atom. The summed E-state index contributed by atoms with van der Waals surface area (Å²) in [5.74, 6) is -1.52. The highest BCUT2D eigenvalue weighted by Gasteiger charge is 2.23. The number of ether oxygens (including phenoxy) is 1. The topological polar surface area (TPSA) is 221 Å². The van der Waals surface area contributed by atoms with Gasteiger partial charge in [-0.05, 0) is 49.4 Å². The number of carbonyl (C=O) groups excluding carboxylic acids is 1. The van der Waals surface area contributed by atoms with Crippen LogP contribution in [-0.2, 0) is 29.2 Å². The van der Waals surface area contributed by atoms with E-state index in [-0.39, 0.29) is 31.3 Å². The molecule has 16 nitrogen and oxygen atoms in total. The predicted octanol–water partition coefficient (Wildman–Crippen LogP) is 3.31. The molecule has 254 valence electrons. The van der Waals surface area contributed by atoms with Crippen molar-refractivity contribution in [2.75, 3.05) is 30.8 Å². The van der Waals surface area contributed by atoms with Gasteiger partial charge in [0, 0.05) is 24.6 Å². The summed E-state index contributed by atoms with van der Waals surface area (Å²) in [4.78, 5) is 50.2. The van der Waals surface area contributed by atoms with Crippen molar-refractivity contribution in [2.24, 2.45) is 5.34 Å². The molecule has 0 amide bonds. The smallest absolute Gasteiger partial charge is 0.308 e. The van der Waals surface area contributed by atoms with Crippen molar-refractivity contribution in [1.29, 1.82) is 0 Å². The Labute approximate surface area is 265 Å². The molecular weight excluding hydrogens is 633 g/mol. The van der Waals surface area contributed by atoms with Crippen LogP contribution in [0.25, 0.3) is 17.3 Å². The minimum atomic E-state index is -3.71. The number of hydrogen-bond acceptors (Lipinski definition) is 14. The number of benzene rings is 1. The second-order valence-corrected chi connectivity index (χ2v) is 12.6. The number of aliphatic hydroxyl groups excluding tert-OH is 2. The summed E-state index contributed by atoms with van der Waals surface area (Å²) in [6.45, 7) is 3.23. The monoisotopic (exact) mass is 671 g/mol. The summed E-state index contributed by atoms with van der Waals surface area (Å²) in [6.07, 6.45) is 0.569. The summed E-state index contributed by atoms with van der Waals surface area (Å²) in [6, 6.07) is 5.42. The number of nitrogens with zero attached hydrogens (tertiary/aromatic N) is 5. The Kier molecular flexibility index (Phi) is 14.8. The van der Waals surface area contributed by atoms with Crippen LogP contribution < -0.4 is 4.31 Å². The molecule has 18 heteroatoms. The number of sulfonamides is 1. The zero-order valence-corrected chi connectivity index (χ0v) is 26.6. The summed E-state index contributed by atoms with van der Waals surface area (Å²) in [7, 11) is -2.40. The van der Waals surface area contributed by atoms with Gasteiger partial charge in [0.05, 0.1) is 42.9 Å². The van der Waals surface area contributed by atoms with Gasteiger partial charge in [0.25, 0.3) is 5.09 Å². The van der Waals surface area contributed by atoms with Crippen LogP contribution in [0.1, 0.15) is 63.1 Å². The maximum Gasteiger partial charge on any atom is 0.308 e. The molecule has 0 fully saturated rings. The van der Waals surface area contributed by atoms with E-state index < -0.39 is 58.2 Å². The van der Waals surface area contributed by atoms with E-state index in [0.717, 1.165) is 10.6 Å². The fourth-order valence-electron chi connectivity index (χ4n) is 4.16. The number of halogens is 1. The quantitative estimate of drug-likeness (QED) is 0.0679. The van der Waals surface area contributed by atoms with Crippen molar-refractivity contribution in [1.82, 2.24) is 9.97 Å². The van der Waals surface area contributed by atoms with E-state index in [0.29, 0.717) is 35.4 Å². The third-order valence-corrected chi connectivity index (χ3v) is 7.70. The maximum atomic E-state index is 13.7. The molecule has 0 saturated carbocycles. The molecule has 0 bridgehead atoms. The molecule has 0 aliphatic heterocycles. The lowest BCUT2D eigenvalue weighted by molar-refractivity contribution is -0.769. The van der Waals surface area contributed by atoms with Crippen molar-refractivity contribution in [3.05, 3.63) is 62.4 Å². The molecule has 0 saturated heterocycles. The van der Waals surface area contributed by atoms with Crippen molar-refractivity contribution in [2.45, 2.75) is 70.2 Å². The normalized spacial score (nSPS) is 13.7. The van der Waals surface area contributed by atoms with Gasteiger partial charge in [-0.15, -0.1) is 15.0 Å². The first-order chi connectivity index (χ1) is 21.6. The predicted molar refractivity (Wildman–Crippen MR) is 163 cm³/mol. The molecule has 0 radical (unpaired) electrons. The molecule has 3 atom stereocenters. The second kappa shape index (κ2) is 18.0. The molecule has 1 heterocycles. The van der Waals surface area contributed by atoms with E-state index in [2.05, 4.69) is 25.0 Å². The third-order valence-electron chi connectivity index (χ3n) is 6.54. The SMILES string of the molecule is CC(C)c1nc(N(C)S(C)(=O)=O)nc(-c2ccc(F)cc2)c1/C=C/[C@@H](O)CC(O)CC(=O)OCCCCC(CON=O)O[N+](=O)[O-].